The minimum absolute atomic E-state index is 0.0298. The van der Waals surface area contributed by atoms with Gasteiger partial charge in [0, 0.05) is 12.4 Å². The van der Waals surface area contributed by atoms with Crippen LogP contribution in [0.5, 0.6) is 0 Å². The van der Waals surface area contributed by atoms with Crippen LogP contribution in [-0.4, -0.2) is 22.4 Å². The smallest absolute Gasteiger partial charge is 0.285 e. The zero-order valence-corrected chi connectivity index (χ0v) is 9.54. The van der Waals surface area contributed by atoms with Crippen molar-refractivity contribution in [1.82, 2.24) is 0 Å². The Kier molecular flexibility index (Phi) is 4.70. The quantitative estimate of drug-likeness (QED) is 0.491. The molecule has 0 radical (unpaired) electrons. The van der Waals surface area contributed by atoms with Crippen molar-refractivity contribution in [1.29, 1.82) is 0 Å². The van der Waals surface area contributed by atoms with Gasteiger partial charge in [0.2, 0.25) is 0 Å². The summed E-state index contributed by atoms with van der Waals surface area (Å²) < 4.78 is 12.8. The second kappa shape index (κ2) is 5.81. The largest absolute Gasteiger partial charge is 0.396 e. The predicted octanol–water partition coefficient (Wildman–Crippen LogP) is 2.45. The minimum Gasteiger partial charge on any atom is -0.396 e. The van der Waals surface area contributed by atoms with Crippen molar-refractivity contribution in [2.24, 2.45) is 5.92 Å². The number of hydrogen-bond donors (Lipinski definition) is 1. The Labute approximate surface area is 96.6 Å². The van der Waals surface area contributed by atoms with Crippen LogP contribution < -0.4 is 0 Å². The fourth-order valence-corrected chi connectivity index (χ4v) is 2.06. The van der Waals surface area contributed by atoms with Crippen molar-refractivity contribution in [2.75, 3.05) is 12.4 Å². The van der Waals surface area contributed by atoms with E-state index in [1.165, 1.54) is 23.9 Å². The fourth-order valence-electron chi connectivity index (χ4n) is 1.04. The number of halogens is 1. The summed E-state index contributed by atoms with van der Waals surface area (Å²) in [4.78, 5) is 10.5. The van der Waals surface area contributed by atoms with Gasteiger partial charge < -0.3 is 5.11 Å². The van der Waals surface area contributed by atoms with Crippen LogP contribution >= 0.6 is 11.8 Å². The first kappa shape index (κ1) is 12.9. The van der Waals surface area contributed by atoms with Crippen molar-refractivity contribution in [2.45, 2.75) is 11.8 Å². The lowest BCUT2D eigenvalue weighted by atomic mass is 10.2. The molecule has 16 heavy (non-hydrogen) atoms. The molecule has 0 aliphatic heterocycles. The Morgan fingerprint density at radius 1 is 1.62 bits per heavy atom. The SMILES string of the molecule is CC(CO)CSc1ccc(F)cc1[N+](=O)[O-]. The summed E-state index contributed by atoms with van der Waals surface area (Å²) in [5, 5.41) is 19.5. The molecule has 0 aromatic heterocycles. The molecule has 0 saturated carbocycles. The van der Waals surface area contributed by atoms with Crippen LogP contribution in [0.15, 0.2) is 23.1 Å². The molecule has 0 aliphatic carbocycles. The van der Waals surface area contributed by atoms with E-state index in [9.17, 15) is 14.5 Å². The van der Waals surface area contributed by atoms with Crippen LogP contribution in [0, 0.1) is 21.8 Å². The van der Waals surface area contributed by atoms with Gasteiger partial charge in [0.05, 0.1) is 15.9 Å². The van der Waals surface area contributed by atoms with Gasteiger partial charge in [0.15, 0.2) is 0 Å². The molecular weight excluding hydrogens is 233 g/mol. The second-order valence-corrected chi connectivity index (χ2v) is 4.53. The van der Waals surface area contributed by atoms with E-state index in [0.717, 1.165) is 6.07 Å². The maximum absolute atomic E-state index is 12.8. The molecule has 1 atom stereocenters. The number of rotatable bonds is 5. The van der Waals surface area contributed by atoms with Crippen molar-refractivity contribution in [3.63, 3.8) is 0 Å². The van der Waals surface area contributed by atoms with Crippen LogP contribution in [0.4, 0.5) is 10.1 Å². The van der Waals surface area contributed by atoms with Gasteiger partial charge in [-0.15, -0.1) is 11.8 Å². The molecular formula is C10H12FNO3S. The maximum atomic E-state index is 12.8. The van der Waals surface area contributed by atoms with Crippen molar-refractivity contribution in [3.8, 4) is 0 Å². The standard InChI is InChI=1S/C10H12FNO3S/c1-7(5-13)6-16-10-3-2-8(11)4-9(10)12(14)15/h2-4,7,13H,5-6H2,1H3. The molecule has 1 unspecified atom stereocenters. The minimum atomic E-state index is -0.619. The molecule has 1 aromatic carbocycles. The number of hydrogen-bond acceptors (Lipinski definition) is 4. The number of nitrogens with zero attached hydrogens (tertiary/aromatic N) is 1. The fraction of sp³-hybridized carbons (Fsp3) is 0.400. The van der Waals surface area contributed by atoms with Crippen molar-refractivity contribution < 1.29 is 14.4 Å². The maximum Gasteiger partial charge on any atom is 0.285 e. The number of thioether (sulfide) groups is 1. The van der Waals surface area contributed by atoms with E-state index in [4.69, 9.17) is 5.11 Å². The normalized spacial score (nSPS) is 12.4. The number of benzene rings is 1. The topological polar surface area (TPSA) is 63.4 Å². The molecule has 0 fully saturated rings. The van der Waals surface area contributed by atoms with E-state index in [-0.39, 0.29) is 18.2 Å². The molecule has 1 N–H and O–H groups in total. The summed E-state index contributed by atoms with van der Waals surface area (Å²) in [5.74, 6) is -0.0101. The third-order valence-electron chi connectivity index (χ3n) is 1.95. The van der Waals surface area contributed by atoms with Gasteiger partial charge in [-0.05, 0) is 18.1 Å². The summed E-state index contributed by atoms with van der Waals surface area (Å²) in [7, 11) is 0. The van der Waals surface area contributed by atoms with Crippen LogP contribution in [0.25, 0.3) is 0 Å². The molecule has 88 valence electrons. The van der Waals surface area contributed by atoms with Gasteiger partial charge in [-0.3, -0.25) is 10.1 Å². The van der Waals surface area contributed by atoms with Gasteiger partial charge in [-0.25, -0.2) is 4.39 Å². The van der Waals surface area contributed by atoms with E-state index in [1.54, 1.807) is 0 Å². The molecule has 0 saturated heterocycles. The van der Waals surface area contributed by atoms with E-state index in [1.807, 2.05) is 6.92 Å². The van der Waals surface area contributed by atoms with Crippen molar-refractivity contribution in [3.05, 3.63) is 34.1 Å². The number of aliphatic hydroxyl groups excluding tert-OH is 1. The van der Waals surface area contributed by atoms with Crippen LogP contribution in [0.2, 0.25) is 0 Å². The highest BCUT2D eigenvalue weighted by atomic mass is 32.2. The van der Waals surface area contributed by atoms with Crippen molar-refractivity contribution >= 4 is 17.4 Å². The first-order valence-electron chi connectivity index (χ1n) is 4.72. The van der Waals surface area contributed by atoms with Crippen LogP contribution in [0.1, 0.15) is 6.92 Å². The summed E-state index contributed by atoms with van der Waals surface area (Å²) in [6.07, 6.45) is 0. The molecule has 6 heteroatoms. The molecule has 0 aliphatic rings. The molecule has 0 bridgehead atoms. The van der Waals surface area contributed by atoms with Gasteiger partial charge >= 0.3 is 0 Å². The highest BCUT2D eigenvalue weighted by molar-refractivity contribution is 7.99. The highest BCUT2D eigenvalue weighted by Crippen LogP contribution is 2.30. The molecule has 0 amide bonds. The lowest BCUT2D eigenvalue weighted by Crippen LogP contribution is -2.03. The first-order chi connectivity index (χ1) is 7.54. The predicted molar refractivity (Wildman–Crippen MR) is 60.0 cm³/mol. The van der Waals surface area contributed by atoms with Gasteiger partial charge in [0.25, 0.3) is 5.69 Å². The highest BCUT2D eigenvalue weighted by Gasteiger charge is 2.15. The monoisotopic (exact) mass is 245 g/mol. The summed E-state index contributed by atoms with van der Waals surface area (Å²) in [6, 6.07) is 3.49. The lowest BCUT2D eigenvalue weighted by molar-refractivity contribution is -0.387. The molecule has 1 rings (SSSR count). The van der Waals surface area contributed by atoms with E-state index in [0.29, 0.717) is 10.6 Å². The molecule has 1 aromatic rings. The van der Waals surface area contributed by atoms with E-state index < -0.39 is 10.7 Å². The van der Waals surface area contributed by atoms with E-state index >= 15 is 0 Å². The number of aliphatic hydroxyl groups is 1. The molecule has 0 spiro atoms. The average molecular weight is 245 g/mol. The zero-order chi connectivity index (χ0) is 12.1. The third-order valence-corrected chi connectivity index (χ3v) is 3.34. The Hall–Kier alpha value is -1.14. The Morgan fingerprint density at radius 3 is 2.88 bits per heavy atom. The average Bonchev–Trinajstić information content (AvgIpc) is 2.26. The number of nitro benzene ring substituents is 1. The first-order valence-corrected chi connectivity index (χ1v) is 5.70. The Balaban J connectivity index is 2.82. The second-order valence-electron chi connectivity index (χ2n) is 3.47. The summed E-state index contributed by atoms with van der Waals surface area (Å²) in [6.45, 7) is 1.87. The van der Waals surface area contributed by atoms with E-state index in [2.05, 4.69) is 0 Å². The van der Waals surface area contributed by atoms with Crippen LogP contribution in [0.3, 0.4) is 0 Å². The molecule has 4 nitrogen and oxygen atoms in total. The zero-order valence-electron chi connectivity index (χ0n) is 8.72. The summed E-state index contributed by atoms with van der Waals surface area (Å²) in [5.41, 5.74) is -0.227. The summed E-state index contributed by atoms with van der Waals surface area (Å²) >= 11 is 1.25. The Morgan fingerprint density at radius 2 is 2.31 bits per heavy atom. The Bertz CT molecular complexity index is 386. The number of nitro groups is 1. The lowest BCUT2D eigenvalue weighted by Gasteiger charge is -2.07. The molecule has 0 heterocycles. The van der Waals surface area contributed by atoms with Gasteiger partial charge in [-0.2, -0.15) is 0 Å². The van der Waals surface area contributed by atoms with Crippen LogP contribution in [-0.2, 0) is 0 Å². The van der Waals surface area contributed by atoms with Gasteiger partial charge in [-0.1, -0.05) is 6.92 Å². The third kappa shape index (κ3) is 3.46. The van der Waals surface area contributed by atoms with Gasteiger partial charge in [0.1, 0.15) is 5.82 Å².